The summed E-state index contributed by atoms with van der Waals surface area (Å²) < 4.78 is 0.908. The highest BCUT2D eigenvalue weighted by molar-refractivity contribution is 9.10. The maximum Gasteiger partial charge on any atom is 0.337 e. The van der Waals surface area contributed by atoms with Gasteiger partial charge < -0.3 is 5.11 Å². The average molecular weight is 283 g/mol. The van der Waals surface area contributed by atoms with Crippen molar-refractivity contribution >= 4 is 33.2 Å². The van der Waals surface area contributed by atoms with Gasteiger partial charge in [0.2, 0.25) is 0 Å². The third-order valence-electron chi connectivity index (χ3n) is 2.06. The normalized spacial score (nSPS) is 10.2. The molecule has 4 heteroatoms. The molecule has 1 aromatic carbocycles. The van der Waals surface area contributed by atoms with E-state index < -0.39 is 5.97 Å². The van der Waals surface area contributed by atoms with Gasteiger partial charge in [-0.15, -0.1) is 0 Å². The van der Waals surface area contributed by atoms with Crippen molar-refractivity contribution in [2.45, 2.75) is 0 Å². The van der Waals surface area contributed by atoms with Gasteiger partial charge in [0.15, 0.2) is 0 Å². The maximum absolute atomic E-state index is 11.0. The molecule has 0 fully saturated rings. The molecule has 2 rings (SSSR count). The first kappa shape index (κ1) is 10.4. The first-order valence-corrected chi connectivity index (χ1v) is 5.98. The summed E-state index contributed by atoms with van der Waals surface area (Å²) in [7, 11) is 0. The van der Waals surface area contributed by atoms with Crippen LogP contribution in [0.3, 0.4) is 0 Å². The maximum atomic E-state index is 11.0. The predicted molar refractivity (Wildman–Crippen MR) is 64.4 cm³/mol. The standard InChI is InChI=1S/C11H7BrO2S/c12-10-4-2-1-3-7(10)8-5-15-6-9(8)11(13)14/h1-6H,(H,13,14). The summed E-state index contributed by atoms with van der Waals surface area (Å²) in [4.78, 5) is 11.0. The Labute approximate surface area is 99.3 Å². The molecule has 2 aromatic rings. The largest absolute Gasteiger partial charge is 0.478 e. The Hall–Kier alpha value is -1.13. The molecule has 0 unspecified atom stereocenters. The summed E-state index contributed by atoms with van der Waals surface area (Å²) in [6.07, 6.45) is 0. The minimum absolute atomic E-state index is 0.354. The lowest BCUT2D eigenvalue weighted by atomic mass is 10.1. The molecule has 0 bridgehead atoms. The number of hydrogen-bond donors (Lipinski definition) is 1. The molecule has 0 saturated carbocycles. The number of carboxylic acids is 1. The van der Waals surface area contributed by atoms with Crippen molar-refractivity contribution in [2.24, 2.45) is 0 Å². The second-order valence-electron chi connectivity index (χ2n) is 2.98. The number of rotatable bonds is 2. The van der Waals surface area contributed by atoms with Crippen molar-refractivity contribution < 1.29 is 9.90 Å². The lowest BCUT2D eigenvalue weighted by Gasteiger charge is -2.02. The Balaban J connectivity index is 2.59. The van der Waals surface area contributed by atoms with Crippen LogP contribution < -0.4 is 0 Å². The molecule has 0 amide bonds. The Morgan fingerprint density at radius 3 is 2.60 bits per heavy atom. The third-order valence-corrected chi connectivity index (χ3v) is 3.49. The van der Waals surface area contributed by atoms with Gasteiger partial charge in [-0.05, 0) is 17.0 Å². The van der Waals surface area contributed by atoms with Crippen LogP contribution in [0.5, 0.6) is 0 Å². The van der Waals surface area contributed by atoms with Crippen LogP contribution in [0.15, 0.2) is 39.5 Å². The smallest absolute Gasteiger partial charge is 0.337 e. The van der Waals surface area contributed by atoms with E-state index in [2.05, 4.69) is 15.9 Å². The fourth-order valence-corrected chi connectivity index (χ4v) is 2.67. The molecule has 0 atom stereocenters. The summed E-state index contributed by atoms with van der Waals surface area (Å²) in [5.41, 5.74) is 2.03. The number of aromatic carboxylic acids is 1. The van der Waals surface area contributed by atoms with Gasteiger partial charge in [-0.2, -0.15) is 11.3 Å². The number of carboxylic acid groups (broad SMARTS) is 1. The Kier molecular flexibility index (Phi) is 2.88. The molecule has 0 radical (unpaired) electrons. The van der Waals surface area contributed by atoms with Gasteiger partial charge in [0.05, 0.1) is 5.56 Å². The molecule has 2 nitrogen and oxygen atoms in total. The number of thiophene rings is 1. The Morgan fingerprint density at radius 2 is 1.93 bits per heavy atom. The van der Waals surface area contributed by atoms with Crippen LogP contribution in [0.25, 0.3) is 11.1 Å². The van der Waals surface area contributed by atoms with Crippen molar-refractivity contribution in [3.05, 3.63) is 45.1 Å². The molecular formula is C11H7BrO2S. The van der Waals surface area contributed by atoms with Crippen molar-refractivity contribution in [3.63, 3.8) is 0 Å². The molecule has 1 aromatic heterocycles. The topological polar surface area (TPSA) is 37.3 Å². The van der Waals surface area contributed by atoms with Crippen molar-refractivity contribution in [1.29, 1.82) is 0 Å². The molecule has 0 aliphatic rings. The molecule has 0 aliphatic heterocycles. The summed E-state index contributed by atoms with van der Waals surface area (Å²) in [5.74, 6) is -0.887. The van der Waals surface area contributed by atoms with Crippen molar-refractivity contribution in [1.82, 2.24) is 0 Å². The van der Waals surface area contributed by atoms with Gasteiger partial charge in [0, 0.05) is 15.4 Å². The van der Waals surface area contributed by atoms with E-state index in [1.54, 1.807) is 5.38 Å². The van der Waals surface area contributed by atoms with Crippen LogP contribution >= 0.6 is 27.3 Å². The number of carbonyl (C=O) groups is 1. The highest BCUT2D eigenvalue weighted by atomic mass is 79.9. The first-order valence-electron chi connectivity index (χ1n) is 4.24. The van der Waals surface area contributed by atoms with Crippen molar-refractivity contribution in [2.75, 3.05) is 0 Å². The molecule has 1 heterocycles. The van der Waals surface area contributed by atoms with Crippen LogP contribution in [0.2, 0.25) is 0 Å². The lowest BCUT2D eigenvalue weighted by Crippen LogP contribution is -1.95. The minimum atomic E-state index is -0.887. The van der Waals surface area contributed by atoms with Crippen LogP contribution in [-0.2, 0) is 0 Å². The van der Waals surface area contributed by atoms with E-state index in [-0.39, 0.29) is 0 Å². The Morgan fingerprint density at radius 1 is 1.20 bits per heavy atom. The molecular weight excluding hydrogens is 276 g/mol. The quantitative estimate of drug-likeness (QED) is 0.908. The zero-order chi connectivity index (χ0) is 10.8. The average Bonchev–Trinajstić information content (AvgIpc) is 2.67. The van der Waals surface area contributed by atoms with Gasteiger partial charge in [0.1, 0.15) is 0 Å². The van der Waals surface area contributed by atoms with Gasteiger partial charge in [-0.1, -0.05) is 34.1 Å². The van der Waals surface area contributed by atoms with Gasteiger partial charge in [0.25, 0.3) is 0 Å². The fraction of sp³-hybridized carbons (Fsp3) is 0. The number of benzene rings is 1. The van der Waals surface area contributed by atoms with Crippen LogP contribution in [0.1, 0.15) is 10.4 Å². The molecule has 76 valence electrons. The highest BCUT2D eigenvalue weighted by Crippen LogP contribution is 2.32. The molecule has 1 N–H and O–H groups in total. The second-order valence-corrected chi connectivity index (χ2v) is 4.58. The SMILES string of the molecule is O=C(O)c1cscc1-c1ccccc1Br. The number of hydrogen-bond acceptors (Lipinski definition) is 2. The van der Waals surface area contributed by atoms with E-state index in [9.17, 15) is 4.79 Å². The van der Waals surface area contributed by atoms with Crippen LogP contribution in [0.4, 0.5) is 0 Å². The number of halogens is 1. The van der Waals surface area contributed by atoms with Gasteiger partial charge >= 0.3 is 5.97 Å². The van der Waals surface area contributed by atoms with Crippen LogP contribution in [-0.4, -0.2) is 11.1 Å². The first-order chi connectivity index (χ1) is 7.20. The second kappa shape index (κ2) is 4.16. The lowest BCUT2D eigenvalue weighted by molar-refractivity contribution is 0.0698. The molecule has 0 saturated heterocycles. The monoisotopic (exact) mass is 282 g/mol. The van der Waals surface area contributed by atoms with E-state index in [0.29, 0.717) is 5.56 Å². The summed E-state index contributed by atoms with van der Waals surface area (Å²) in [6.45, 7) is 0. The van der Waals surface area contributed by atoms with Gasteiger partial charge in [-0.25, -0.2) is 4.79 Å². The van der Waals surface area contributed by atoms with E-state index >= 15 is 0 Å². The Bertz CT molecular complexity index is 505. The molecule has 0 spiro atoms. The van der Waals surface area contributed by atoms with E-state index in [0.717, 1.165) is 15.6 Å². The van der Waals surface area contributed by atoms with Crippen molar-refractivity contribution in [3.8, 4) is 11.1 Å². The minimum Gasteiger partial charge on any atom is -0.478 e. The zero-order valence-electron chi connectivity index (χ0n) is 7.61. The van der Waals surface area contributed by atoms with E-state index in [4.69, 9.17) is 5.11 Å². The molecule has 0 aliphatic carbocycles. The van der Waals surface area contributed by atoms with E-state index in [1.807, 2.05) is 29.6 Å². The predicted octanol–water partition coefficient (Wildman–Crippen LogP) is 3.88. The highest BCUT2D eigenvalue weighted by Gasteiger charge is 2.14. The fourth-order valence-electron chi connectivity index (χ4n) is 1.35. The van der Waals surface area contributed by atoms with Gasteiger partial charge in [-0.3, -0.25) is 0 Å². The van der Waals surface area contributed by atoms with Crippen LogP contribution in [0, 0.1) is 0 Å². The summed E-state index contributed by atoms with van der Waals surface area (Å²) in [6, 6.07) is 7.60. The summed E-state index contributed by atoms with van der Waals surface area (Å²) in [5, 5.41) is 12.5. The van der Waals surface area contributed by atoms with E-state index in [1.165, 1.54) is 11.3 Å². The third kappa shape index (κ3) is 1.96. The molecule has 15 heavy (non-hydrogen) atoms. The summed E-state index contributed by atoms with van der Waals surface area (Å²) >= 11 is 4.81. The zero-order valence-corrected chi connectivity index (χ0v) is 10.0.